The highest BCUT2D eigenvalue weighted by atomic mass is 32.2. The lowest BCUT2D eigenvalue weighted by atomic mass is 10.2. The van der Waals surface area contributed by atoms with Crippen molar-refractivity contribution in [3.8, 4) is 0 Å². The Labute approximate surface area is 136 Å². The molecule has 1 N–H and O–H groups in total. The van der Waals surface area contributed by atoms with Crippen molar-refractivity contribution in [2.75, 3.05) is 24.2 Å². The van der Waals surface area contributed by atoms with Gasteiger partial charge in [0.25, 0.3) is 0 Å². The monoisotopic (exact) mass is 338 g/mol. The molecular formula is C13H14N4OS3. The number of hydrogen-bond acceptors (Lipinski definition) is 6. The van der Waals surface area contributed by atoms with Crippen molar-refractivity contribution in [3.05, 3.63) is 18.2 Å². The number of thiocarbonyl (C=S) groups is 1. The maximum atomic E-state index is 12.0. The van der Waals surface area contributed by atoms with Gasteiger partial charge < -0.3 is 10.2 Å². The summed E-state index contributed by atoms with van der Waals surface area (Å²) in [5.74, 6) is 0.255. The number of hydrogen-bond donors (Lipinski definition) is 1. The van der Waals surface area contributed by atoms with Gasteiger partial charge in [0.1, 0.15) is 15.4 Å². The van der Waals surface area contributed by atoms with Crippen molar-refractivity contribution in [1.29, 1.82) is 0 Å². The van der Waals surface area contributed by atoms with E-state index in [2.05, 4.69) is 19.0 Å². The van der Waals surface area contributed by atoms with Crippen molar-refractivity contribution in [1.82, 2.24) is 13.6 Å². The van der Waals surface area contributed by atoms with E-state index in [1.54, 1.807) is 0 Å². The molecule has 2 aromatic rings. The number of thioether (sulfide) groups is 1. The van der Waals surface area contributed by atoms with E-state index in [0.29, 0.717) is 11.4 Å². The molecule has 21 heavy (non-hydrogen) atoms. The van der Waals surface area contributed by atoms with Gasteiger partial charge in [-0.1, -0.05) is 30.0 Å². The van der Waals surface area contributed by atoms with Crippen molar-refractivity contribution >= 4 is 62.7 Å². The Morgan fingerprint density at radius 1 is 1.38 bits per heavy atom. The molecule has 1 saturated heterocycles. The van der Waals surface area contributed by atoms with Gasteiger partial charge in [0, 0.05) is 13.1 Å². The SMILES string of the molecule is O=C(CSC(=S)N1CCCC1)Nc1cccc2nsnc12. The minimum Gasteiger partial charge on any atom is -0.358 e. The summed E-state index contributed by atoms with van der Waals surface area (Å²) in [5.41, 5.74) is 2.25. The molecule has 110 valence electrons. The summed E-state index contributed by atoms with van der Waals surface area (Å²) < 4.78 is 9.18. The normalized spacial score (nSPS) is 14.6. The Balaban J connectivity index is 1.56. The largest absolute Gasteiger partial charge is 0.358 e. The minimum absolute atomic E-state index is 0.0675. The predicted octanol–water partition coefficient (Wildman–Crippen LogP) is 2.74. The zero-order chi connectivity index (χ0) is 14.7. The third kappa shape index (κ3) is 3.50. The van der Waals surface area contributed by atoms with Crippen LogP contribution in [0.1, 0.15) is 12.8 Å². The third-order valence-corrected chi connectivity index (χ3v) is 5.32. The molecular weight excluding hydrogens is 324 g/mol. The van der Waals surface area contributed by atoms with E-state index in [0.717, 1.165) is 40.2 Å². The number of carbonyl (C=O) groups excluding carboxylic acids is 1. The summed E-state index contributed by atoms with van der Waals surface area (Å²) in [6.45, 7) is 2.02. The second-order valence-electron chi connectivity index (χ2n) is 4.73. The van der Waals surface area contributed by atoms with Gasteiger partial charge in [0.15, 0.2) is 0 Å². The van der Waals surface area contributed by atoms with Crippen molar-refractivity contribution in [3.63, 3.8) is 0 Å². The molecule has 1 aliphatic rings. The smallest absolute Gasteiger partial charge is 0.234 e. The Hall–Kier alpha value is -1.25. The molecule has 8 heteroatoms. The van der Waals surface area contributed by atoms with Gasteiger partial charge in [-0.2, -0.15) is 8.75 Å². The fourth-order valence-corrected chi connectivity index (χ4v) is 3.81. The molecule has 1 amide bonds. The van der Waals surface area contributed by atoms with E-state index in [-0.39, 0.29) is 5.91 Å². The maximum absolute atomic E-state index is 12.0. The lowest BCUT2D eigenvalue weighted by Crippen LogP contribution is -2.25. The maximum Gasteiger partial charge on any atom is 0.234 e. The summed E-state index contributed by atoms with van der Waals surface area (Å²) in [7, 11) is 0. The summed E-state index contributed by atoms with van der Waals surface area (Å²) in [4.78, 5) is 14.2. The molecule has 0 saturated carbocycles. The number of benzene rings is 1. The Kier molecular flexibility index (Phi) is 4.67. The van der Waals surface area contributed by atoms with E-state index in [1.807, 2.05) is 18.2 Å². The van der Waals surface area contributed by atoms with Crippen LogP contribution in [0.3, 0.4) is 0 Å². The molecule has 1 fully saturated rings. The van der Waals surface area contributed by atoms with Gasteiger partial charge in [0.2, 0.25) is 5.91 Å². The van der Waals surface area contributed by atoms with Crippen LogP contribution in [0.25, 0.3) is 11.0 Å². The van der Waals surface area contributed by atoms with Crippen LogP contribution in [0.5, 0.6) is 0 Å². The van der Waals surface area contributed by atoms with Crippen molar-refractivity contribution in [2.24, 2.45) is 0 Å². The number of anilines is 1. The average Bonchev–Trinajstić information content (AvgIpc) is 3.16. The molecule has 0 bridgehead atoms. The van der Waals surface area contributed by atoms with Gasteiger partial charge in [-0.05, 0) is 25.0 Å². The van der Waals surface area contributed by atoms with Crippen LogP contribution in [-0.4, -0.2) is 42.7 Å². The molecule has 0 radical (unpaired) electrons. The highest BCUT2D eigenvalue weighted by molar-refractivity contribution is 8.23. The zero-order valence-electron chi connectivity index (χ0n) is 11.2. The third-order valence-electron chi connectivity index (χ3n) is 3.25. The summed E-state index contributed by atoms with van der Waals surface area (Å²) in [5, 5.41) is 2.88. The average molecular weight is 338 g/mol. The van der Waals surface area contributed by atoms with Gasteiger partial charge in [-0.25, -0.2) is 0 Å². The van der Waals surface area contributed by atoms with Crippen LogP contribution in [0, 0.1) is 0 Å². The molecule has 0 unspecified atom stereocenters. The number of carbonyl (C=O) groups is 1. The van der Waals surface area contributed by atoms with Gasteiger partial charge in [0.05, 0.1) is 23.2 Å². The first-order valence-electron chi connectivity index (χ1n) is 6.67. The number of amides is 1. The highest BCUT2D eigenvalue weighted by Gasteiger charge is 2.16. The summed E-state index contributed by atoms with van der Waals surface area (Å²) in [6.07, 6.45) is 2.37. The van der Waals surface area contributed by atoms with E-state index >= 15 is 0 Å². The summed E-state index contributed by atoms with van der Waals surface area (Å²) >= 11 is 7.91. The van der Waals surface area contributed by atoms with Crippen molar-refractivity contribution < 1.29 is 4.79 Å². The van der Waals surface area contributed by atoms with Gasteiger partial charge >= 0.3 is 0 Å². The van der Waals surface area contributed by atoms with E-state index < -0.39 is 0 Å². The summed E-state index contributed by atoms with van der Waals surface area (Å²) in [6, 6.07) is 5.58. The quantitative estimate of drug-likeness (QED) is 0.869. The molecule has 1 aromatic heterocycles. The molecule has 2 heterocycles. The lowest BCUT2D eigenvalue weighted by Gasteiger charge is -2.17. The number of nitrogens with one attached hydrogen (secondary N) is 1. The molecule has 0 spiro atoms. The van der Waals surface area contributed by atoms with E-state index in [4.69, 9.17) is 12.2 Å². The van der Waals surface area contributed by atoms with E-state index in [1.165, 1.54) is 24.6 Å². The fraction of sp³-hybridized carbons (Fsp3) is 0.385. The van der Waals surface area contributed by atoms with Crippen LogP contribution in [-0.2, 0) is 4.79 Å². The number of likely N-dealkylation sites (tertiary alicyclic amines) is 1. The predicted molar refractivity (Wildman–Crippen MR) is 91.9 cm³/mol. The Morgan fingerprint density at radius 3 is 3.00 bits per heavy atom. The second-order valence-corrected chi connectivity index (χ2v) is 6.87. The molecule has 3 rings (SSSR count). The van der Waals surface area contributed by atoms with Crippen LogP contribution in [0.2, 0.25) is 0 Å². The second kappa shape index (κ2) is 6.67. The molecule has 5 nitrogen and oxygen atoms in total. The molecule has 1 aliphatic heterocycles. The lowest BCUT2D eigenvalue weighted by molar-refractivity contribution is -0.113. The number of rotatable bonds is 3. The van der Waals surface area contributed by atoms with E-state index in [9.17, 15) is 4.79 Å². The van der Waals surface area contributed by atoms with Crippen LogP contribution >= 0.6 is 35.7 Å². The fourth-order valence-electron chi connectivity index (χ4n) is 2.21. The first-order valence-corrected chi connectivity index (χ1v) is 8.79. The minimum atomic E-state index is -0.0675. The number of nitrogens with zero attached hydrogens (tertiary/aromatic N) is 3. The van der Waals surface area contributed by atoms with Crippen molar-refractivity contribution in [2.45, 2.75) is 12.8 Å². The highest BCUT2D eigenvalue weighted by Crippen LogP contribution is 2.22. The van der Waals surface area contributed by atoms with Gasteiger partial charge in [-0.15, -0.1) is 0 Å². The number of fused-ring (bicyclic) bond motifs is 1. The van der Waals surface area contributed by atoms with Crippen LogP contribution in [0.4, 0.5) is 5.69 Å². The Morgan fingerprint density at radius 2 is 2.19 bits per heavy atom. The number of aromatic nitrogens is 2. The first kappa shape index (κ1) is 14.7. The molecule has 0 aliphatic carbocycles. The topological polar surface area (TPSA) is 58.1 Å². The molecule has 1 aromatic carbocycles. The van der Waals surface area contributed by atoms with Gasteiger partial charge in [-0.3, -0.25) is 4.79 Å². The first-order chi connectivity index (χ1) is 10.2. The Bertz CT molecular complexity index is 666. The zero-order valence-corrected chi connectivity index (χ0v) is 13.7. The standard InChI is InChI=1S/C13H14N4OS3/c18-11(8-20-13(19)17-6-1-2-7-17)14-9-4-3-5-10-12(9)16-21-15-10/h3-5H,1-2,6-8H2,(H,14,18). The molecule has 0 atom stereocenters. The van der Waals surface area contributed by atoms with Crippen LogP contribution in [0.15, 0.2) is 18.2 Å². The van der Waals surface area contributed by atoms with Crippen LogP contribution < -0.4 is 5.32 Å².